The fourth-order valence-electron chi connectivity index (χ4n) is 1.57. The summed E-state index contributed by atoms with van der Waals surface area (Å²) in [6.45, 7) is 5.69. The molecule has 1 aliphatic heterocycles. The van der Waals surface area contributed by atoms with Crippen LogP contribution in [0, 0.1) is 0 Å². The van der Waals surface area contributed by atoms with Gasteiger partial charge in [0.15, 0.2) is 5.78 Å². The van der Waals surface area contributed by atoms with Crippen LogP contribution >= 0.6 is 11.8 Å². The summed E-state index contributed by atoms with van der Waals surface area (Å²) in [7, 11) is 1.27. The zero-order chi connectivity index (χ0) is 14.6. The second-order valence-electron chi connectivity index (χ2n) is 5.22. The van der Waals surface area contributed by atoms with E-state index in [-0.39, 0.29) is 12.3 Å². The van der Waals surface area contributed by atoms with Gasteiger partial charge in [-0.15, -0.1) is 0 Å². The summed E-state index contributed by atoms with van der Waals surface area (Å²) in [5.74, 6) is -0.160. The molecule has 1 atom stereocenters. The lowest BCUT2D eigenvalue weighted by Crippen LogP contribution is -2.47. The van der Waals surface area contributed by atoms with E-state index in [2.05, 4.69) is 4.74 Å². The van der Waals surface area contributed by atoms with Gasteiger partial charge in [0, 0.05) is 6.54 Å². The quantitative estimate of drug-likeness (QED) is 0.688. The molecule has 1 unspecified atom stereocenters. The highest BCUT2D eigenvalue weighted by Gasteiger charge is 2.33. The van der Waals surface area contributed by atoms with E-state index in [9.17, 15) is 14.4 Å². The number of amides is 1. The van der Waals surface area contributed by atoms with E-state index >= 15 is 0 Å². The van der Waals surface area contributed by atoms with Crippen LogP contribution in [0.15, 0.2) is 0 Å². The first-order chi connectivity index (χ1) is 8.73. The molecule has 0 radical (unpaired) electrons. The van der Waals surface area contributed by atoms with Gasteiger partial charge in [-0.1, -0.05) is 0 Å². The second-order valence-corrected chi connectivity index (χ2v) is 6.36. The third kappa shape index (κ3) is 5.10. The lowest BCUT2D eigenvalue weighted by Gasteiger charge is -2.31. The zero-order valence-electron chi connectivity index (χ0n) is 11.6. The molecule has 1 heterocycles. The Balaban J connectivity index is 2.52. The summed E-state index contributed by atoms with van der Waals surface area (Å²) in [6, 6.07) is 0. The topological polar surface area (TPSA) is 72.9 Å². The maximum Gasteiger partial charge on any atom is 0.410 e. The van der Waals surface area contributed by atoms with Crippen LogP contribution in [0.5, 0.6) is 0 Å². The van der Waals surface area contributed by atoms with Gasteiger partial charge in [0.2, 0.25) is 0 Å². The molecule has 0 spiro atoms. The predicted molar refractivity (Wildman–Crippen MR) is 71.2 cm³/mol. The van der Waals surface area contributed by atoms with E-state index < -0.39 is 22.2 Å². The van der Waals surface area contributed by atoms with E-state index in [4.69, 9.17) is 4.74 Å². The highest BCUT2D eigenvalue weighted by atomic mass is 32.2. The van der Waals surface area contributed by atoms with Crippen molar-refractivity contribution < 1.29 is 23.9 Å². The van der Waals surface area contributed by atoms with Crippen molar-refractivity contribution in [3.63, 3.8) is 0 Å². The third-order valence-corrected chi connectivity index (χ3v) is 3.57. The van der Waals surface area contributed by atoms with Crippen LogP contribution in [0.25, 0.3) is 0 Å². The molecular formula is C12H19NO5S. The molecule has 108 valence electrons. The number of Topliss-reactive ketones (excluding diaryl/α,β-unsaturated/α-hetero) is 1. The van der Waals surface area contributed by atoms with Crippen molar-refractivity contribution in [1.82, 2.24) is 4.90 Å². The number of hydrogen-bond acceptors (Lipinski definition) is 6. The van der Waals surface area contributed by atoms with Crippen molar-refractivity contribution in [2.45, 2.75) is 38.0 Å². The van der Waals surface area contributed by atoms with Crippen LogP contribution in [-0.2, 0) is 14.3 Å². The van der Waals surface area contributed by atoms with Crippen LogP contribution in [0.2, 0.25) is 0 Å². The third-order valence-electron chi connectivity index (χ3n) is 2.42. The molecule has 0 bridgehead atoms. The maximum atomic E-state index is 11.8. The summed E-state index contributed by atoms with van der Waals surface area (Å²) in [5, 5.41) is -0.921. The Morgan fingerprint density at radius 3 is 2.47 bits per heavy atom. The minimum Gasteiger partial charge on any atom is -0.461 e. The highest BCUT2D eigenvalue weighted by molar-refractivity contribution is 8.14. The number of hydrogen-bond donors (Lipinski definition) is 0. The molecule has 0 aliphatic carbocycles. The first kappa shape index (κ1) is 15.8. The molecule has 0 aromatic heterocycles. The minimum absolute atomic E-state index is 0.0242. The van der Waals surface area contributed by atoms with Gasteiger partial charge in [0.05, 0.1) is 18.9 Å². The van der Waals surface area contributed by atoms with E-state index in [1.54, 1.807) is 20.8 Å². The van der Waals surface area contributed by atoms with Gasteiger partial charge in [-0.2, -0.15) is 0 Å². The standard InChI is InChI=1S/C12H19NO5S/c1-12(2,3)18-10(15)13-6-5-9(8(14)7-13)19-11(16)17-4/h9H,5-7H2,1-4H3. The highest BCUT2D eigenvalue weighted by Crippen LogP contribution is 2.23. The van der Waals surface area contributed by atoms with Crippen molar-refractivity contribution in [3.8, 4) is 0 Å². The van der Waals surface area contributed by atoms with Crippen LogP contribution in [0.3, 0.4) is 0 Å². The molecule has 19 heavy (non-hydrogen) atoms. The second kappa shape index (κ2) is 6.27. The van der Waals surface area contributed by atoms with E-state index in [0.29, 0.717) is 13.0 Å². The summed E-state index contributed by atoms with van der Waals surface area (Å²) in [5.41, 5.74) is -0.586. The number of piperidine rings is 1. The number of ketones is 1. The summed E-state index contributed by atoms with van der Waals surface area (Å²) < 4.78 is 9.71. The molecule has 1 fully saturated rings. The van der Waals surface area contributed by atoms with Gasteiger partial charge in [-0.05, 0) is 39.0 Å². The van der Waals surface area contributed by atoms with Crippen molar-refractivity contribution in [2.24, 2.45) is 0 Å². The van der Waals surface area contributed by atoms with Crippen LogP contribution < -0.4 is 0 Å². The van der Waals surface area contributed by atoms with Crippen LogP contribution in [0.4, 0.5) is 9.59 Å². The van der Waals surface area contributed by atoms with Gasteiger partial charge < -0.3 is 14.4 Å². The molecule has 0 aromatic carbocycles. The molecule has 7 heteroatoms. The fourth-order valence-corrected chi connectivity index (χ4v) is 2.33. The first-order valence-corrected chi connectivity index (χ1v) is 6.86. The predicted octanol–water partition coefficient (Wildman–Crippen LogP) is 2.06. The van der Waals surface area contributed by atoms with Crippen LogP contribution in [-0.4, -0.2) is 53.1 Å². The number of ether oxygens (including phenoxy) is 2. The lowest BCUT2D eigenvalue weighted by molar-refractivity contribution is -0.121. The lowest BCUT2D eigenvalue weighted by atomic mass is 10.1. The number of thioether (sulfide) groups is 1. The SMILES string of the molecule is COC(=O)SC1CCN(C(=O)OC(C)(C)C)CC1=O. The first-order valence-electron chi connectivity index (χ1n) is 5.98. The maximum absolute atomic E-state index is 11.8. The number of likely N-dealkylation sites (tertiary alicyclic amines) is 1. The number of carbonyl (C=O) groups is 3. The Morgan fingerprint density at radius 1 is 1.37 bits per heavy atom. The normalized spacial score (nSPS) is 20.1. The average Bonchev–Trinajstić information content (AvgIpc) is 2.29. The van der Waals surface area contributed by atoms with Crippen LogP contribution in [0.1, 0.15) is 27.2 Å². The smallest absolute Gasteiger partial charge is 0.410 e. The Hall–Kier alpha value is -1.24. The largest absolute Gasteiger partial charge is 0.461 e. The Morgan fingerprint density at radius 2 is 2.00 bits per heavy atom. The monoisotopic (exact) mass is 289 g/mol. The van der Waals surface area contributed by atoms with Gasteiger partial charge in [-0.3, -0.25) is 4.79 Å². The Bertz CT molecular complexity index is 377. The Kier molecular flexibility index (Phi) is 5.22. The van der Waals surface area contributed by atoms with Crippen molar-refractivity contribution in [3.05, 3.63) is 0 Å². The molecule has 1 saturated heterocycles. The fraction of sp³-hybridized carbons (Fsp3) is 0.750. The molecule has 0 aromatic rings. The van der Waals surface area contributed by atoms with Gasteiger partial charge in [0.25, 0.3) is 0 Å². The number of rotatable bonds is 1. The van der Waals surface area contributed by atoms with Crippen molar-refractivity contribution >= 4 is 28.9 Å². The summed E-state index contributed by atoms with van der Waals surface area (Å²) in [6.07, 6.45) is -0.0694. The van der Waals surface area contributed by atoms with E-state index in [0.717, 1.165) is 11.8 Å². The number of methoxy groups -OCH3 is 1. The van der Waals surface area contributed by atoms with E-state index in [1.165, 1.54) is 12.0 Å². The molecule has 0 saturated carbocycles. The molecule has 0 N–H and O–H groups in total. The van der Waals surface area contributed by atoms with Crippen molar-refractivity contribution in [1.29, 1.82) is 0 Å². The number of nitrogens with zero attached hydrogens (tertiary/aromatic N) is 1. The molecular weight excluding hydrogens is 270 g/mol. The van der Waals surface area contributed by atoms with Gasteiger partial charge >= 0.3 is 11.4 Å². The van der Waals surface area contributed by atoms with E-state index in [1.807, 2.05) is 0 Å². The molecule has 1 aliphatic rings. The van der Waals surface area contributed by atoms with Crippen molar-refractivity contribution in [2.75, 3.05) is 20.2 Å². The summed E-state index contributed by atoms with van der Waals surface area (Å²) >= 11 is 0.866. The van der Waals surface area contributed by atoms with Gasteiger partial charge in [0.1, 0.15) is 5.60 Å². The number of carbonyl (C=O) groups excluding carboxylic acids is 3. The zero-order valence-corrected chi connectivity index (χ0v) is 12.4. The molecule has 1 rings (SSSR count). The minimum atomic E-state index is -0.586. The average molecular weight is 289 g/mol. The Labute approximate surface area is 116 Å². The summed E-state index contributed by atoms with van der Waals surface area (Å²) in [4.78, 5) is 36.1. The van der Waals surface area contributed by atoms with Gasteiger partial charge in [-0.25, -0.2) is 9.59 Å². The molecule has 1 amide bonds. The molecule has 6 nitrogen and oxygen atoms in total.